The van der Waals surface area contributed by atoms with Crippen LogP contribution in [0.1, 0.15) is 24.8 Å². The van der Waals surface area contributed by atoms with E-state index in [9.17, 15) is 0 Å². The van der Waals surface area contributed by atoms with E-state index >= 15 is 0 Å². The summed E-state index contributed by atoms with van der Waals surface area (Å²) in [7, 11) is 0. The van der Waals surface area contributed by atoms with Crippen molar-refractivity contribution < 1.29 is 4.74 Å². The van der Waals surface area contributed by atoms with E-state index in [0.717, 1.165) is 18.3 Å². The van der Waals surface area contributed by atoms with Gasteiger partial charge in [0, 0.05) is 19.0 Å². The molecule has 0 aromatic heterocycles. The van der Waals surface area contributed by atoms with Gasteiger partial charge in [-0.1, -0.05) is 12.1 Å². The second-order valence-corrected chi connectivity index (χ2v) is 4.10. The van der Waals surface area contributed by atoms with Crippen molar-refractivity contribution in [3.05, 3.63) is 29.8 Å². The molecule has 0 amide bonds. The van der Waals surface area contributed by atoms with E-state index in [1.165, 1.54) is 18.4 Å². The van der Waals surface area contributed by atoms with Crippen molar-refractivity contribution in [2.75, 3.05) is 6.61 Å². The van der Waals surface area contributed by atoms with Gasteiger partial charge in [0.15, 0.2) is 0 Å². The van der Waals surface area contributed by atoms with Crippen molar-refractivity contribution in [1.29, 1.82) is 0 Å². The quantitative estimate of drug-likeness (QED) is 0.581. The van der Waals surface area contributed by atoms with Crippen LogP contribution in [-0.4, -0.2) is 12.6 Å². The summed E-state index contributed by atoms with van der Waals surface area (Å²) >= 11 is 0. The highest BCUT2D eigenvalue weighted by Crippen LogP contribution is 2.19. The molecule has 0 radical (unpaired) electrons. The number of hydrogen-bond donors (Lipinski definition) is 1. The Morgan fingerprint density at radius 2 is 2.06 bits per heavy atom. The van der Waals surface area contributed by atoms with Gasteiger partial charge >= 0.3 is 0 Å². The SMILES string of the molecule is C#CCCOc1ccc(CNC2CC2)cc1. The third kappa shape index (κ3) is 3.60. The lowest BCUT2D eigenvalue weighted by Gasteiger charge is -2.06. The van der Waals surface area contributed by atoms with E-state index in [1.54, 1.807) is 0 Å². The Labute approximate surface area is 97.0 Å². The summed E-state index contributed by atoms with van der Waals surface area (Å²) in [5.41, 5.74) is 1.30. The molecule has 2 heteroatoms. The number of terminal acetylenes is 1. The highest BCUT2D eigenvalue weighted by molar-refractivity contribution is 5.27. The number of hydrogen-bond acceptors (Lipinski definition) is 2. The van der Waals surface area contributed by atoms with Gasteiger partial charge in [-0.15, -0.1) is 12.3 Å². The standard InChI is InChI=1S/C14H17NO/c1-2-3-10-16-14-8-4-12(5-9-14)11-15-13-6-7-13/h1,4-5,8-9,13,15H,3,6-7,10-11H2. The van der Waals surface area contributed by atoms with Crippen LogP contribution in [0.15, 0.2) is 24.3 Å². The predicted octanol–water partition coefficient (Wildman–Crippen LogP) is 2.34. The van der Waals surface area contributed by atoms with Gasteiger partial charge < -0.3 is 10.1 Å². The molecular weight excluding hydrogens is 198 g/mol. The van der Waals surface area contributed by atoms with E-state index < -0.39 is 0 Å². The molecule has 2 rings (SSSR count). The Morgan fingerprint density at radius 1 is 1.31 bits per heavy atom. The minimum Gasteiger partial charge on any atom is -0.493 e. The van der Waals surface area contributed by atoms with Crippen LogP contribution in [0.25, 0.3) is 0 Å². The molecule has 1 aliphatic rings. The molecule has 0 bridgehead atoms. The molecule has 0 spiro atoms. The smallest absolute Gasteiger partial charge is 0.119 e. The maximum absolute atomic E-state index is 5.48. The Morgan fingerprint density at radius 3 is 2.69 bits per heavy atom. The first-order valence-electron chi connectivity index (χ1n) is 5.77. The fourth-order valence-electron chi connectivity index (χ4n) is 1.48. The molecule has 0 unspecified atom stereocenters. The third-order valence-corrected chi connectivity index (χ3v) is 2.61. The van der Waals surface area contributed by atoms with Gasteiger partial charge in [0.2, 0.25) is 0 Å². The van der Waals surface area contributed by atoms with Gasteiger partial charge in [0.25, 0.3) is 0 Å². The molecule has 1 aliphatic carbocycles. The first kappa shape index (κ1) is 11.0. The highest BCUT2D eigenvalue weighted by atomic mass is 16.5. The van der Waals surface area contributed by atoms with Crippen LogP contribution in [0.3, 0.4) is 0 Å². The lowest BCUT2D eigenvalue weighted by atomic mass is 10.2. The van der Waals surface area contributed by atoms with Crippen molar-refractivity contribution in [2.24, 2.45) is 0 Å². The van der Waals surface area contributed by atoms with E-state index in [1.807, 2.05) is 12.1 Å². The maximum atomic E-state index is 5.48. The summed E-state index contributed by atoms with van der Waals surface area (Å²) in [6, 6.07) is 8.95. The van der Waals surface area contributed by atoms with E-state index in [-0.39, 0.29) is 0 Å². The first-order valence-corrected chi connectivity index (χ1v) is 5.77. The number of rotatable bonds is 6. The fraction of sp³-hybridized carbons (Fsp3) is 0.429. The molecule has 0 saturated heterocycles. The van der Waals surface area contributed by atoms with Crippen molar-refractivity contribution in [2.45, 2.75) is 31.8 Å². The Bertz CT molecular complexity index is 359. The Hall–Kier alpha value is -1.46. The molecule has 1 aromatic carbocycles. The number of nitrogens with one attached hydrogen (secondary N) is 1. The summed E-state index contributed by atoms with van der Waals surface area (Å²) in [4.78, 5) is 0. The molecule has 84 valence electrons. The van der Waals surface area contributed by atoms with E-state index in [4.69, 9.17) is 11.2 Å². The molecule has 1 saturated carbocycles. The summed E-state index contributed by atoms with van der Waals surface area (Å²) in [6.07, 6.45) is 8.46. The molecule has 2 nitrogen and oxygen atoms in total. The zero-order valence-electron chi connectivity index (χ0n) is 9.41. The monoisotopic (exact) mass is 215 g/mol. The highest BCUT2D eigenvalue weighted by Gasteiger charge is 2.19. The first-order chi connectivity index (χ1) is 7.88. The molecule has 16 heavy (non-hydrogen) atoms. The summed E-state index contributed by atoms with van der Waals surface area (Å²) in [5.74, 6) is 3.45. The second-order valence-electron chi connectivity index (χ2n) is 4.10. The normalized spacial score (nSPS) is 14.4. The zero-order chi connectivity index (χ0) is 11.2. The zero-order valence-corrected chi connectivity index (χ0v) is 9.41. The van der Waals surface area contributed by atoms with Crippen LogP contribution in [-0.2, 0) is 6.54 Å². The minimum absolute atomic E-state index is 0.593. The lowest BCUT2D eigenvalue weighted by Crippen LogP contribution is -2.15. The van der Waals surface area contributed by atoms with Gasteiger partial charge in [-0.25, -0.2) is 0 Å². The Balaban J connectivity index is 1.76. The van der Waals surface area contributed by atoms with Crippen LogP contribution in [0.4, 0.5) is 0 Å². The molecule has 0 heterocycles. The van der Waals surface area contributed by atoms with Gasteiger partial charge in [0.1, 0.15) is 5.75 Å². The summed E-state index contributed by atoms with van der Waals surface area (Å²) < 4.78 is 5.48. The summed E-state index contributed by atoms with van der Waals surface area (Å²) in [6.45, 7) is 1.55. The summed E-state index contributed by atoms with van der Waals surface area (Å²) in [5, 5.41) is 3.48. The average Bonchev–Trinajstić information content (AvgIpc) is 3.12. The van der Waals surface area contributed by atoms with Crippen molar-refractivity contribution in [3.63, 3.8) is 0 Å². The van der Waals surface area contributed by atoms with Gasteiger partial charge in [0.05, 0.1) is 6.61 Å². The molecule has 1 aromatic rings. The van der Waals surface area contributed by atoms with Crippen LogP contribution >= 0.6 is 0 Å². The minimum atomic E-state index is 0.593. The third-order valence-electron chi connectivity index (χ3n) is 2.61. The predicted molar refractivity (Wildman–Crippen MR) is 65.2 cm³/mol. The molecule has 0 atom stereocenters. The largest absolute Gasteiger partial charge is 0.493 e. The van der Waals surface area contributed by atoms with Crippen molar-refractivity contribution >= 4 is 0 Å². The van der Waals surface area contributed by atoms with Gasteiger partial charge in [-0.2, -0.15) is 0 Å². The van der Waals surface area contributed by atoms with Crippen LogP contribution in [0.2, 0.25) is 0 Å². The van der Waals surface area contributed by atoms with E-state index in [0.29, 0.717) is 13.0 Å². The lowest BCUT2D eigenvalue weighted by molar-refractivity contribution is 0.327. The maximum Gasteiger partial charge on any atom is 0.119 e. The Kier molecular flexibility index (Phi) is 3.85. The fourth-order valence-corrected chi connectivity index (χ4v) is 1.48. The number of benzene rings is 1. The average molecular weight is 215 g/mol. The van der Waals surface area contributed by atoms with Crippen LogP contribution in [0, 0.1) is 12.3 Å². The number of ether oxygens (including phenoxy) is 1. The van der Waals surface area contributed by atoms with Crippen LogP contribution in [0.5, 0.6) is 5.75 Å². The van der Waals surface area contributed by atoms with Gasteiger partial charge in [-0.3, -0.25) is 0 Å². The van der Waals surface area contributed by atoms with Gasteiger partial charge in [-0.05, 0) is 30.5 Å². The topological polar surface area (TPSA) is 21.3 Å². The van der Waals surface area contributed by atoms with Crippen molar-refractivity contribution in [3.8, 4) is 18.1 Å². The molecular formula is C14H17NO. The molecule has 1 N–H and O–H groups in total. The van der Waals surface area contributed by atoms with Crippen LogP contribution < -0.4 is 10.1 Å². The van der Waals surface area contributed by atoms with Crippen molar-refractivity contribution in [1.82, 2.24) is 5.32 Å². The second kappa shape index (κ2) is 5.58. The molecule has 0 aliphatic heterocycles. The molecule has 1 fully saturated rings. The van der Waals surface area contributed by atoms with E-state index in [2.05, 4.69) is 23.4 Å².